The van der Waals surface area contributed by atoms with Gasteiger partial charge in [-0.2, -0.15) is 8.42 Å². The Bertz CT molecular complexity index is 501. The number of hydrogen-bond donors (Lipinski definition) is 0. The first-order valence-electron chi connectivity index (χ1n) is 6.58. The van der Waals surface area contributed by atoms with Crippen molar-refractivity contribution in [3.63, 3.8) is 0 Å². The third kappa shape index (κ3) is 4.60. The van der Waals surface area contributed by atoms with Gasteiger partial charge in [-0.25, -0.2) is 0 Å². The smallest absolute Gasteiger partial charge is 0.264 e. The Kier molecular flexibility index (Phi) is 4.60. The summed E-state index contributed by atoms with van der Waals surface area (Å²) in [5.41, 5.74) is 1.29. The average molecular weight is 283 g/mol. The third-order valence-electron chi connectivity index (χ3n) is 3.46. The molecule has 0 radical (unpaired) electrons. The van der Waals surface area contributed by atoms with Gasteiger partial charge in [-0.1, -0.05) is 37.3 Å². The molecular formula is C14H21NO3S. The van der Waals surface area contributed by atoms with E-state index in [9.17, 15) is 8.42 Å². The predicted molar refractivity (Wildman–Crippen MR) is 75.2 cm³/mol. The highest BCUT2D eigenvalue weighted by molar-refractivity contribution is 7.86. The fourth-order valence-electron chi connectivity index (χ4n) is 2.56. The van der Waals surface area contributed by atoms with Crippen molar-refractivity contribution in [3.05, 3.63) is 35.9 Å². The molecule has 106 valence electrons. The van der Waals surface area contributed by atoms with Crippen molar-refractivity contribution < 1.29 is 12.6 Å². The van der Waals surface area contributed by atoms with Crippen molar-refractivity contribution in [1.82, 2.24) is 4.90 Å². The van der Waals surface area contributed by atoms with Gasteiger partial charge in [0.1, 0.15) is 0 Å². The fraction of sp³-hybridized carbons (Fsp3) is 0.571. The first kappa shape index (κ1) is 14.5. The van der Waals surface area contributed by atoms with E-state index in [1.165, 1.54) is 5.56 Å². The summed E-state index contributed by atoms with van der Waals surface area (Å²) in [6, 6.07) is 10.3. The molecule has 0 bridgehead atoms. The van der Waals surface area contributed by atoms with Gasteiger partial charge in [0.25, 0.3) is 10.1 Å². The van der Waals surface area contributed by atoms with Crippen LogP contribution in [0.5, 0.6) is 0 Å². The molecule has 0 amide bonds. The highest BCUT2D eigenvalue weighted by Crippen LogP contribution is 2.22. The van der Waals surface area contributed by atoms with Gasteiger partial charge in [0, 0.05) is 19.6 Å². The second kappa shape index (κ2) is 6.03. The normalized spacial score (nSPS) is 25.4. The van der Waals surface area contributed by atoms with E-state index in [4.69, 9.17) is 4.18 Å². The maximum atomic E-state index is 11.2. The summed E-state index contributed by atoms with van der Waals surface area (Å²) in [6.45, 7) is 4.71. The molecule has 1 heterocycles. The predicted octanol–water partition coefficient (Wildman–Crippen LogP) is 1.87. The summed E-state index contributed by atoms with van der Waals surface area (Å²) in [5.74, 6) is 0.229. The van der Waals surface area contributed by atoms with E-state index in [2.05, 4.69) is 17.0 Å². The standard InChI is InChI=1S/C14H21NO3S/c1-12-10-15(11-13-6-4-3-5-7-13)9-8-14(12)18-19(2,16)17/h3-7,12,14H,8-11H2,1-2H3. The Hall–Kier alpha value is -0.910. The summed E-state index contributed by atoms with van der Waals surface area (Å²) in [7, 11) is -3.35. The van der Waals surface area contributed by atoms with Crippen LogP contribution >= 0.6 is 0 Å². The van der Waals surface area contributed by atoms with Gasteiger partial charge in [-0.15, -0.1) is 0 Å². The maximum Gasteiger partial charge on any atom is 0.264 e. The topological polar surface area (TPSA) is 46.6 Å². The summed E-state index contributed by atoms with van der Waals surface area (Å²) in [6.07, 6.45) is 1.71. The Labute approximate surface area is 115 Å². The second-order valence-electron chi connectivity index (χ2n) is 5.33. The molecule has 0 saturated carbocycles. The lowest BCUT2D eigenvalue weighted by Crippen LogP contribution is -2.43. The van der Waals surface area contributed by atoms with Gasteiger partial charge in [0.05, 0.1) is 12.4 Å². The summed E-state index contributed by atoms with van der Waals surface area (Å²) < 4.78 is 27.5. The van der Waals surface area contributed by atoms with Crippen molar-refractivity contribution in [2.45, 2.75) is 26.0 Å². The molecule has 0 aromatic heterocycles. The monoisotopic (exact) mass is 283 g/mol. The molecule has 5 heteroatoms. The van der Waals surface area contributed by atoms with Gasteiger partial charge in [-0.3, -0.25) is 9.08 Å². The number of piperidine rings is 1. The van der Waals surface area contributed by atoms with Crippen molar-refractivity contribution in [2.75, 3.05) is 19.3 Å². The molecule has 1 aromatic rings. The van der Waals surface area contributed by atoms with Crippen molar-refractivity contribution in [3.8, 4) is 0 Å². The van der Waals surface area contributed by atoms with Gasteiger partial charge >= 0.3 is 0 Å². The van der Waals surface area contributed by atoms with Gasteiger partial charge in [0.15, 0.2) is 0 Å². The highest BCUT2D eigenvalue weighted by Gasteiger charge is 2.29. The molecule has 2 rings (SSSR count). The minimum atomic E-state index is -3.35. The van der Waals surface area contributed by atoms with E-state index >= 15 is 0 Å². The van der Waals surface area contributed by atoms with Crippen LogP contribution < -0.4 is 0 Å². The molecule has 1 aliphatic heterocycles. The lowest BCUT2D eigenvalue weighted by atomic mass is 9.96. The highest BCUT2D eigenvalue weighted by atomic mass is 32.2. The molecule has 2 unspecified atom stereocenters. The summed E-state index contributed by atoms with van der Waals surface area (Å²) in [5, 5.41) is 0. The van der Waals surface area contributed by atoms with Crippen molar-refractivity contribution >= 4 is 10.1 Å². The van der Waals surface area contributed by atoms with Crippen LogP contribution in [0.4, 0.5) is 0 Å². The molecule has 4 nitrogen and oxygen atoms in total. The zero-order chi connectivity index (χ0) is 13.9. The summed E-state index contributed by atoms with van der Waals surface area (Å²) >= 11 is 0. The van der Waals surface area contributed by atoms with Crippen LogP contribution in [0, 0.1) is 5.92 Å². The van der Waals surface area contributed by atoms with Gasteiger partial charge in [0.2, 0.25) is 0 Å². The fourth-order valence-corrected chi connectivity index (χ4v) is 3.30. The Balaban J connectivity index is 1.90. The van der Waals surface area contributed by atoms with Crippen LogP contribution in [0.15, 0.2) is 30.3 Å². The van der Waals surface area contributed by atoms with Crippen molar-refractivity contribution in [2.24, 2.45) is 5.92 Å². The largest absolute Gasteiger partial charge is 0.299 e. The number of nitrogens with zero attached hydrogens (tertiary/aromatic N) is 1. The number of hydrogen-bond acceptors (Lipinski definition) is 4. The average Bonchev–Trinajstić information content (AvgIpc) is 2.33. The van der Waals surface area contributed by atoms with Gasteiger partial charge < -0.3 is 0 Å². The molecule has 1 fully saturated rings. The van der Waals surface area contributed by atoms with E-state index in [0.29, 0.717) is 0 Å². The van der Waals surface area contributed by atoms with Crippen LogP contribution in [-0.2, 0) is 20.8 Å². The zero-order valence-electron chi connectivity index (χ0n) is 11.5. The first-order chi connectivity index (χ1) is 8.94. The van der Waals surface area contributed by atoms with E-state index in [1.54, 1.807) is 0 Å². The number of likely N-dealkylation sites (tertiary alicyclic amines) is 1. The van der Waals surface area contributed by atoms with Crippen molar-refractivity contribution in [1.29, 1.82) is 0 Å². The number of rotatable bonds is 4. The molecular weight excluding hydrogens is 262 g/mol. The quantitative estimate of drug-likeness (QED) is 0.792. The molecule has 0 aliphatic carbocycles. The molecule has 0 N–H and O–H groups in total. The SMILES string of the molecule is CC1CN(Cc2ccccc2)CCC1OS(C)(=O)=O. The zero-order valence-corrected chi connectivity index (χ0v) is 12.3. The van der Waals surface area contributed by atoms with Crippen LogP contribution in [0.25, 0.3) is 0 Å². The number of benzene rings is 1. The Morgan fingerprint density at radius 1 is 1.32 bits per heavy atom. The molecule has 1 saturated heterocycles. The van der Waals surface area contributed by atoms with Crippen LogP contribution in [0.2, 0.25) is 0 Å². The lowest BCUT2D eigenvalue weighted by Gasteiger charge is -2.36. The molecule has 2 atom stereocenters. The Morgan fingerprint density at radius 3 is 2.58 bits per heavy atom. The van der Waals surface area contributed by atoms with E-state index in [0.717, 1.165) is 32.3 Å². The minimum absolute atomic E-state index is 0.179. The first-order valence-corrected chi connectivity index (χ1v) is 8.40. The van der Waals surface area contributed by atoms with Crippen LogP contribution in [-0.4, -0.2) is 38.8 Å². The van der Waals surface area contributed by atoms with Crippen LogP contribution in [0.3, 0.4) is 0 Å². The minimum Gasteiger partial charge on any atom is -0.299 e. The second-order valence-corrected chi connectivity index (χ2v) is 6.93. The molecule has 1 aliphatic rings. The maximum absolute atomic E-state index is 11.2. The summed E-state index contributed by atoms with van der Waals surface area (Å²) in [4.78, 5) is 2.35. The third-order valence-corrected chi connectivity index (χ3v) is 4.05. The van der Waals surface area contributed by atoms with Crippen LogP contribution in [0.1, 0.15) is 18.9 Å². The Morgan fingerprint density at radius 2 is 2.00 bits per heavy atom. The van der Waals surface area contributed by atoms with E-state index in [1.807, 2.05) is 25.1 Å². The molecule has 1 aromatic carbocycles. The van der Waals surface area contributed by atoms with Gasteiger partial charge in [-0.05, 0) is 17.9 Å². The van der Waals surface area contributed by atoms with E-state index < -0.39 is 10.1 Å². The molecule has 0 spiro atoms. The van der Waals surface area contributed by atoms with E-state index in [-0.39, 0.29) is 12.0 Å². The lowest BCUT2D eigenvalue weighted by molar-refractivity contribution is 0.0540. The molecule has 19 heavy (non-hydrogen) atoms.